The maximum absolute atomic E-state index is 9.17. The molecule has 3 aromatic heterocycles. The van der Waals surface area contributed by atoms with E-state index in [9.17, 15) is 2.74 Å². The van der Waals surface area contributed by atoms with E-state index in [1.807, 2.05) is 88.1 Å². The van der Waals surface area contributed by atoms with Gasteiger partial charge in [0.25, 0.3) is 6.33 Å². The average Bonchev–Trinajstić information content (AvgIpc) is 3.92. The Hall–Kier alpha value is -8.02. The predicted molar refractivity (Wildman–Crippen MR) is 256 cm³/mol. The standard InChI is InChI=1S/C58H42N4O/c1-58(2,3)39-32-33-59-55(34-39)62-52-28-12-11-24-48(52)49-31-30-42(36-54(49)62)63-41-19-13-18-40(35-41)60-37-61-56-43(38-16-5-4-6-17-38)25-14-26-50(56)46-22-9-7-20-44(46)45-21-8-10-23-47(45)51-27-15-29-53(60)57(51)61/h4-36H,1-3H3/i4D,5D,6D,16D,17D. The monoisotopic (exact) mass is 815 g/mol. The fraction of sp³-hybridized carbons (Fsp3) is 0.0690. The molecule has 0 aliphatic carbocycles. The highest BCUT2D eigenvalue weighted by atomic mass is 16.5. The van der Waals surface area contributed by atoms with Gasteiger partial charge in [0, 0.05) is 23.0 Å². The Morgan fingerprint density at radius 3 is 1.97 bits per heavy atom. The number of rotatable bonds is 5. The number of imidazole rings is 1. The van der Waals surface area contributed by atoms with Crippen LogP contribution in [0, 0.1) is 6.33 Å². The van der Waals surface area contributed by atoms with Crippen molar-refractivity contribution in [2.75, 3.05) is 0 Å². The lowest BCUT2D eigenvalue weighted by Crippen LogP contribution is -2.32. The third-order valence-electron chi connectivity index (χ3n) is 12.2. The number of aromatic nitrogens is 4. The molecule has 0 saturated carbocycles. The zero-order chi connectivity index (χ0) is 46.6. The second-order valence-corrected chi connectivity index (χ2v) is 17.0. The Labute approximate surface area is 373 Å². The highest BCUT2D eigenvalue weighted by molar-refractivity contribution is 6.09. The molecule has 0 radical (unpaired) electrons. The number of ether oxygens (including phenoxy) is 1. The van der Waals surface area contributed by atoms with Crippen molar-refractivity contribution in [2.45, 2.75) is 26.2 Å². The summed E-state index contributed by atoms with van der Waals surface area (Å²) in [5.41, 5.74) is 12.7. The molecule has 0 atom stereocenters. The van der Waals surface area contributed by atoms with E-state index in [1.54, 1.807) is 0 Å². The second-order valence-electron chi connectivity index (χ2n) is 17.0. The van der Waals surface area contributed by atoms with Gasteiger partial charge in [-0.15, -0.1) is 0 Å². The molecule has 5 nitrogen and oxygen atoms in total. The molecule has 0 fully saturated rings. The molecule has 300 valence electrons. The quantitative estimate of drug-likeness (QED) is 0.128. The number of benzene rings is 8. The Balaban J connectivity index is 1.06. The molecule has 63 heavy (non-hydrogen) atoms. The molecule has 0 amide bonds. The van der Waals surface area contributed by atoms with E-state index in [0.29, 0.717) is 22.7 Å². The summed E-state index contributed by atoms with van der Waals surface area (Å²) < 4.78 is 57.2. The Kier molecular flexibility index (Phi) is 7.21. The second kappa shape index (κ2) is 14.3. The maximum Gasteiger partial charge on any atom is 0.269 e. The third-order valence-corrected chi connectivity index (χ3v) is 12.2. The SMILES string of the molecule is [2H]c1c([2H])c([2H])c(-c2cccc3c2-[n+]2[c-]n(-c4cccc(Oc5ccc6c7ccccc7n(-c7cc(C(C)(C)C)ccn7)c6c5)c4)c4cccc(c42)-c2ccccc2-c2ccccc2-3)c([2H])c1[2H]. The van der Waals surface area contributed by atoms with Crippen molar-refractivity contribution in [1.29, 1.82) is 0 Å². The van der Waals surface area contributed by atoms with Gasteiger partial charge in [-0.1, -0.05) is 160 Å². The highest BCUT2D eigenvalue weighted by Gasteiger charge is 2.26. The Morgan fingerprint density at radius 1 is 0.556 bits per heavy atom. The lowest BCUT2D eigenvalue weighted by atomic mass is 9.88. The summed E-state index contributed by atoms with van der Waals surface area (Å²) >= 11 is 0. The Bertz CT molecular complexity index is 3870. The number of pyridine rings is 1. The van der Waals surface area contributed by atoms with Gasteiger partial charge in [0.15, 0.2) is 0 Å². The molecule has 5 heteroatoms. The molecule has 12 rings (SSSR count). The van der Waals surface area contributed by atoms with Gasteiger partial charge in [0.05, 0.1) is 40.3 Å². The van der Waals surface area contributed by atoms with Crippen LogP contribution in [0.15, 0.2) is 200 Å². The van der Waals surface area contributed by atoms with Gasteiger partial charge in [-0.2, -0.15) is 0 Å². The predicted octanol–water partition coefficient (Wildman–Crippen LogP) is 14.3. The van der Waals surface area contributed by atoms with Crippen LogP contribution in [-0.2, 0) is 5.41 Å². The number of hydrogen-bond acceptors (Lipinski definition) is 2. The van der Waals surface area contributed by atoms with E-state index < -0.39 is 18.1 Å². The molecule has 11 aromatic rings. The minimum atomic E-state index is -0.439. The average molecular weight is 816 g/mol. The lowest BCUT2D eigenvalue weighted by molar-refractivity contribution is -0.570. The van der Waals surface area contributed by atoms with Crippen molar-refractivity contribution in [2.24, 2.45) is 0 Å². The van der Waals surface area contributed by atoms with E-state index in [1.165, 1.54) is 5.56 Å². The molecule has 0 N–H and O–H groups in total. The number of hydrogen-bond donors (Lipinski definition) is 0. The van der Waals surface area contributed by atoms with Crippen LogP contribution in [0.1, 0.15) is 33.2 Å². The molecule has 0 spiro atoms. The van der Waals surface area contributed by atoms with Crippen molar-refractivity contribution in [1.82, 2.24) is 14.1 Å². The van der Waals surface area contributed by atoms with Gasteiger partial charge in [-0.3, -0.25) is 13.7 Å². The fourth-order valence-corrected chi connectivity index (χ4v) is 9.31. The first-order valence-electron chi connectivity index (χ1n) is 23.6. The van der Waals surface area contributed by atoms with E-state index in [4.69, 9.17) is 13.8 Å². The van der Waals surface area contributed by atoms with Crippen LogP contribution in [0.3, 0.4) is 0 Å². The van der Waals surface area contributed by atoms with Crippen LogP contribution in [0.2, 0.25) is 0 Å². The van der Waals surface area contributed by atoms with Crippen LogP contribution < -0.4 is 9.30 Å². The molecular weight excluding hydrogens is 769 g/mol. The number of nitrogens with zero attached hydrogens (tertiary/aromatic N) is 4. The zero-order valence-corrected chi connectivity index (χ0v) is 34.9. The summed E-state index contributed by atoms with van der Waals surface area (Å²) in [4.78, 5) is 4.87. The normalized spacial score (nSPS) is 13.2. The van der Waals surface area contributed by atoms with Gasteiger partial charge < -0.3 is 4.74 Å². The van der Waals surface area contributed by atoms with Crippen LogP contribution in [0.5, 0.6) is 11.5 Å². The molecule has 1 aliphatic rings. The largest absolute Gasteiger partial charge is 0.458 e. The first-order chi connectivity index (χ1) is 33.0. The molecule has 4 heterocycles. The van der Waals surface area contributed by atoms with Crippen LogP contribution in [-0.4, -0.2) is 14.1 Å². The van der Waals surface area contributed by atoms with E-state index in [2.05, 4.69) is 123 Å². The number of fused-ring (bicyclic) bond motifs is 10. The number of para-hydroxylation sites is 3. The van der Waals surface area contributed by atoms with Crippen molar-refractivity contribution in [3.63, 3.8) is 0 Å². The maximum atomic E-state index is 9.17. The van der Waals surface area contributed by atoms with Gasteiger partial charge in [0.2, 0.25) is 0 Å². The molecular formula is C58H42N4O. The van der Waals surface area contributed by atoms with Crippen LogP contribution >= 0.6 is 0 Å². The minimum Gasteiger partial charge on any atom is -0.458 e. The van der Waals surface area contributed by atoms with E-state index in [0.717, 1.165) is 77.7 Å². The van der Waals surface area contributed by atoms with Crippen LogP contribution in [0.25, 0.3) is 94.5 Å². The fourth-order valence-electron chi connectivity index (χ4n) is 9.31. The molecule has 0 saturated heterocycles. The summed E-state index contributed by atoms with van der Waals surface area (Å²) in [7, 11) is 0. The van der Waals surface area contributed by atoms with Crippen molar-refractivity contribution >= 4 is 32.8 Å². The van der Waals surface area contributed by atoms with Gasteiger partial charge in [-0.05, 0) is 104 Å². The van der Waals surface area contributed by atoms with E-state index in [-0.39, 0.29) is 23.1 Å². The first kappa shape index (κ1) is 31.8. The molecule has 1 aliphatic heterocycles. The van der Waals surface area contributed by atoms with Crippen molar-refractivity contribution < 1.29 is 16.2 Å². The van der Waals surface area contributed by atoms with Gasteiger partial charge in [-0.25, -0.2) is 4.98 Å². The van der Waals surface area contributed by atoms with Crippen molar-refractivity contribution in [3.05, 3.63) is 212 Å². The summed E-state index contributed by atoms with van der Waals surface area (Å²) in [5, 5.41) is 2.22. The topological polar surface area (TPSA) is 35.9 Å². The lowest BCUT2D eigenvalue weighted by Gasteiger charge is -2.20. The third kappa shape index (κ3) is 5.99. The first-order valence-corrected chi connectivity index (χ1v) is 21.1. The summed E-state index contributed by atoms with van der Waals surface area (Å²) in [5.74, 6) is 2.13. The molecule has 0 bridgehead atoms. The highest BCUT2D eigenvalue weighted by Crippen LogP contribution is 2.45. The summed E-state index contributed by atoms with van der Waals surface area (Å²) in [6.45, 7) is 6.63. The van der Waals surface area contributed by atoms with Gasteiger partial charge >= 0.3 is 0 Å². The van der Waals surface area contributed by atoms with E-state index >= 15 is 0 Å². The van der Waals surface area contributed by atoms with Crippen LogP contribution in [0.4, 0.5) is 0 Å². The summed E-state index contributed by atoms with van der Waals surface area (Å²) in [6, 6.07) is 53.6. The van der Waals surface area contributed by atoms with Gasteiger partial charge in [0.1, 0.15) is 17.3 Å². The molecule has 8 aromatic carbocycles. The molecule has 0 unspecified atom stereocenters. The smallest absolute Gasteiger partial charge is 0.269 e. The minimum absolute atomic E-state index is 0.0551. The van der Waals surface area contributed by atoms with Crippen molar-refractivity contribution in [3.8, 4) is 73.2 Å². The zero-order valence-electron chi connectivity index (χ0n) is 39.9. The summed E-state index contributed by atoms with van der Waals surface area (Å²) in [6.07, 6.45) is 5.62. The Morgan fingerprint density at radius 2 is 1.17 bits per heavy atom.